The van der Waals surface area contributed by atoms with Gasteiger partial charge in [0.1, 0.15) is 12.4 Å². The highest BCUT2D eigenvalue weighted by Crippen LogP contribution is 2.20. The van der Waals surface area contributed by atoms with Crippen LogP contribution in [0.4, 0.5) is 4.39 Å². The van der Waals surface area contributed by atoms with Crippen molar-refractivity contribution in [3.05, 3.63) is 28.8 Å². The van der Waals surface area contributed by atoms with Gasteiger partial charge < -0.3 is 10.4 Å². The van der Waals surface area contributed by atoms with Crippen molar-refractivity contribution in [3.63, 3.8) is 0 Å². The van der Waals surface area contributed by atoms with E-state index in [1.165, 1.54) is 18.2 Å². The molecule has 3 nitrogen and oxygen atoms in total. The molecule has 1 rings (SSSR count). The highest BCUT2D eigenvalue weighted by Gasteiger charge is 2.10. The highest BCUT2D eigenvalue weighted by atomic mass is 35.5. The topological polar surface area (TPSA) is 49.3 Å². The van der Waals surface area contributed by atoms with Crippen molar-refractivity contribution in [2.24, 2.45) is 0 Å². The average molecular weight is 218 g/mol. The van der Waals surface area contributed by atoms with Gasteiger partial charge in [0.25, 0.3) is 5.91 Å². The molecule has 2 N–H and O–H groups in total. The maximum atomic E-state index is 11.8. The zero-order chi connectivity index (χ0) is 10.6. The summed E-state index contributed by atoms with van der Waals surface area (Å²) in [5.41, 5.74) is 0.139. The number of halogens is 2. The summed E-state index contributed by atoms with van der Waals surface area (Å²) in [5, 5.41) is 11.6. The lowest BCUT2D eigenvalue weighted by atomic mass is 10.2. The summed E-state index contributed by atoms with van der Waals surface area (Å²) < 4.78 is 11.8. The molecule has 1 amide bonds. The van der Waals surface area contributed by atoms with Crippen molar-refractivity contribution in [3.8, 4) is 5.75 Å². The minimum atomic E-state index is -0.637. The third-order valence-corrected chi connectivity index (χ3v) is 1.90. The molecule has 0 unspecified atom stereocenters. The maximum absolute atomic E-state index is 11.8. The number of alkyl halides is 1. The monoisotopic (exact) mass is 217 g/mol. The summed E-state index contributed by atoms with van der Waals surface area (Å²) in [6, 6.07) is 4.01. The van der Waals surface area contributed by atoms with Crippen LogP contribution in [0.5, 0.6) is 5.75 Å². The molecule has 14 heavy (non-hydrogen) atoms. The van der Waals surface area contributed by atoms with E-state index in [1.807, 2.05) is 0 Å². The van der Waals surface area contributed by atoms with Gasteiger partial charge in [-0.3, -0.25) is 4.79 Å². The molecule has 0 bridgehead atoms. The van der Waals surface area contributed by atoms with E-state index in [0.717, 1.165) is 0 Å². The first-order chi connectivity index (χ1) is 6.65. The molecule has 0 fully saturated rings. The number of hydrogen-bond donors (Lipinski definition) is 2. The smallest absolute Gasteiger partial charge is 0.253 e. The molecule has 0 heterocycles. The molecular weight excluding hydrogens is 209 g/mol. The predicted molar refractivity (Wildman–Crippen MR) is 51.4 cm³/mol. The number of benzene rings is 1. The first kappa shape index (κ1) is 10.8. The molecule has 1 aromatic rings. The Bertz CT molecular complexity index is 344. The Morgan fingerprint density at radius 2 is 2.29 bits per heavy atom. The lowest BCUT2D eigenvalue weighted by Gasteiger charge is -2.04. The van der Waals surface area contributed by atoms with E-state index in [2.05, 4.69) is 5.32 Å². The van der Waals surface area contributed by atoms with E-state index in [9.17, 15) is 9.18 Å². The lowest BCUT2D eigenvalue weighted by Crippen LogP contribution is -2.25. The molecule has 0 aliphatic heterocycles. The van der Waals surface area contributed by atoms with Gasteiger partial charge >= 0.3 is 0 Å². The van der Waals surface area contributed by atoms with Crippen molar-refractivity contribution < 1.29 is 14.3 Å². The van der Waals surface area contributed by atoms with Crippen molar-refractivity contribution in [2.45, 2.75) is 0 Å². The minimum Gasteiger partial charge on any atom is -0.508 e. The molecule has 0 aromatic heterocycles. The number of nitrogens with one attached hydrogen (secondary N) is 1. The maximum Gasteiger partial charge on any atom is 0.253 e. The first-order valence-corrected chi connectivity index (χ1v) is 4.35. The fraction of sp³-hybridized carbons (Fsp3) is 0.222. The molecule has 0 saturated heterocycles. The van der Waals surface area contributed by atoms with Gasteiger partial charge in [-0.05, 0) is 18.2 Å². The van der Waals surface area contributed by atoms with Crippen LogP contribution in [0.25, 0.3) is 0 Å². The number of hydrogen-bond acceptors (Lipinski definition) is 2. The van der Waals surface area contributed by atoms with Gasteiger partial charge in [0.05, 0.1) is 10.6 Å². The van der Waals surface area contributed by atoms with E-state index in [0.29, 0.717) is 0 Å². The number of phenols is 1. The number of carbonyl (C=O) groups is 1. The van der Waals surface area contributed by atoms with Crippen molar-refractivity contribution in [1.82, 2.24) is 5.32 Å². The summed E-state index contributed by atoms with van der Waals surface area (Å²) in [6.07, 6.45) is 0. The predicted octanol–water partition coefficient (Wildman–Crippen LogP) is 1.74. The Labute approximate surface area is 85.5 Å². The van der Waals surface area contributed by atoms with E-state index in [-0.39, 0.29) is 22.9 Å². The standard InChI is InChI=1S/C9H9ClFNO2/c10-8-2-1-6(13)5-7(8)9(14)12-4-3-11/h1-2,5,13H,3-4H2,(H,12,14). The van der Waals surface area contributed by atoms with Crippen LogP contribution in [0, 0.1) is 0 Å². The lowest BCUT2D eigenvalue weighted by molar-refractivity contribution is 0.0950. The second kappa shape index (κ2) is 4.81. The van der Waals surface area contributed by atoms with Gasteiger partial charge in [-0.2, -0.15) is 0 Å². The third kappa shape index (κ3) is 2.60. The van der Waals surface area contributed by atoms with Crippen LogP contribution in [0.1, 0.15) is 10.4 Å². The molecule has 0 aliphatic rings. The van der Waals surface area contributed by atoms with Crippen LogP contribution in [0.15, 0.2) is 18.2 Å². The number of phenolic OH excluding ortho intramolecular Hbond substituents is 1. The molecule has 0 atom stereocenters. The van der Waals surface area contributed by atoms with Gasteiger partial charge in [-0.25, -0.2) is 4.39 Å². The summed E-state index contributed by atoms with van der Waals surface area (Å²) in [6.45, 7) is -0.701. The number of aromatic hydroxyl groups is 1. The van der Waals surface area contributed by atoms with Crippen molar-refractivity contribution in [1.29, 1.82) is 0 Å². The number of amides is 1. The normalized spacial score (nSPS) is 9.86. The zero-order valence-corrected chi connectivity index (χ0v) is 8.01. The highest BCUT2D eigenvalue weighted by molar-refractivity contribution is 6.33. The van der Waals surface area contributed by atoms with E-state index < -0.39 is 12.6 Å². The van der Waals surface area contributed by atoms with Gasteiger partial charge in [0.2, 0.25) is 0 Å². The van der Waals surface area contributed by atoms with Crippen LogP contribution in [0.3, 0.4) is 0 Å². The van der Waals surface area contributed by atoms with Crippen molar-refractivity contribution >= 4 is 17.5 Å². The Kier molecular flexibility index (Phi) is 3.71. The van der Waals surface area contributed by atoms with E-state index in [4.69, 9.17) is 16.7 Å². The fourth-order valence-corrected chi connectivity index (χ4v) is 1.15. The molecule has 0 spiro atoms. The van der Waals surface area contributed by atoms with Gasteiger partial charge in [-0.15, -0.1) is 0 Å². The minimum absolute atomic E-state index is 0.0557. The van der Waals surface area contributed by atoms with Crippen LogP contribution < -0.4 is 5.32 Å². The molecule has 0 aliphatic carbocycles. The Balaban J connectivity index is 2.83. The molecule has 0 radical (unpaired) electrons. The second-order valence-electron chi connectivity index (χ2n) is 2.61. The first-order valence-electron chi connectivity index (χ1n) is 3.98. The Hall–Kier alpha value is -1.29. The third-order valence-electron chi connectivity index (χ3n) is 1.57. The Morgan fingerprint density at radius 3 is 2.93 bits per heavy atom. The molecule has 76 valence electrons. The quantitative estimate of drug-likeness (QED) is 0.811. The van der Waals surface area contributed by atoms with Crippen LogP contribution in [-0.4, -0.2) is 24.2 Å². The van der Waals surface area contributed by atoms with Crippen LogP contribution in [0.2, 0.25) is 5.02 Å². The van der Waals surface area contributed by atoms with Crippen LogP contribution in [-0.2, 0) is 0 Å². The van der Waals surface area contributed by atoms with Gasteiger partial charge in [-0.1, -0.05) is 11.6 Å². The van der Waals surface area contributed by atoms with Crippen LogP contribution >= 0.6 is 11.6 Å². The number of carbonyl (C=O) groups excluding carboxylic acids is 1. The van der Waals surface area contributed by atoms with E-state index >= 15 is 0 Å². The number of rotatable bonds is 3. The molecule has 1 aromatic carbocycles. The molecule has 5 heteroatoms. The largest absolute Gasteiger partial charge is 0.508 e. The summed E-state index contributed by atoms with van der Waals surface area (Å²) in [4.78, 5) is 11.3. The second-order valence-corrected chi connectivity index (χ2v) is 3.02. The SMILES string of the molecule is O=C(NCCF)c1cc(O)ccc1Cl. The van der Waals surface area contributed by atoms with Crippen molar-refractivity contribution in [2.75, 3.05) is 13.2 Å². The zero-order valence-electron chi connectivity index (χ0n) is 7.26. The van der Waals surface area contributed by atoms with E-state index in [1.54, 1.807) is 0 Å². The molecule has 0 saturated carbocycles. The average Bonchev–Trinajstić information content (AvgIpc) is 2.18. The van der Waals surface area contributed by atoms with Gasteiger partial charge in [0, 0.05) is 6.54 Å². The van der Waals surface area contributed by atoms with Gasteiger partial charge in [0.15, 0.2) is 0 Å². The fourth-order valence-electron chi connectivity index (χ4n) is 0.943. The molecular formula is C9H9ClFNO2. The summed E-state index contributed by atoms with van der Waals surface area (Å²) in [5.74, 6) is -0.552. The summed E-state index contributed by atoms with van der Waals surface area (Å²) >= 11 is 5.70. The Morgan fingerprint density at radius 1 is 1.57 bits per heavy atom. The summed E-state index contributed by atoms with van der Waals surface area (Å²) in [7, 11) is 0.